The predicted octanol–water partition coefficient (Wildman–Crippen LogP) is 0.602. The molecule has 1 heterocycles. The fourth-order valence-electron chi connectivity index (χ4n) is 4.73. The van der Waals surface area contributed by atoms with Crippen LogP contribution in [0.5, 0.6) is 5.75 Å². The van der Waals surface area contributed by atoms with E-state index in [1.54, 1.807) is 0 Å². The smallest absolute Gasteiger partial charge is 0.321 e. The van der Waals surface area contributed by atoms with Crippen LogP contribution in [0.15, 0.2) is 24.3 Å². The second kappa shape index (κ2) is 19.8. The molecular weight excluding hydrogens is 560 g/mol. The number of esters is 3. The first-order valence-electron chi connectivity index (χ1n) is 14.7. The number of benzene rings is 1. The highest BCUT2D eigenvalue weighted by Crippen LogP contribution is 2.17. The van der Waals surface area contributed by atoms with Gasteiger partial charge in [-0.15, -0.1) is 0 Å². The van der Waals surface area contributed by atoms with Crippen LogP contribution in [0.1, 0.15) is 25.3 Å². The van der Waals surface area contributed by atoms with E-state index in [4.69, 9.17) is 18.9 Å². The molecule has 0 saturated carbocycles. The molecule has 0 amide bonds. The summed E-state index contributed by atoms with van der Waals surface area (Å²) in [7, 11) is 3.98. The molecule has 2 rings (SSSR count). The Kier molecular flexibility index (Phi) is 16.6. The van der Waals surface area contributed by atoms with Crippen molar-refractivity contribution in [3.63, 3.8) is 0 Å². The lowest BCUT2D eigenvalue weighted by molar-refractivity contribution is -0.145. The number of aliphatic carboxylic acids is 1. The minimum Gasteiger partial charge on any atom is -0.494 e. The van der Waals surface area contributed by atoms with Crippen LogP contribution in [0, 0.1) is 0 Å². The van der Waals surface area contributed by atoms with E-state index in [1.165, 1.54) is 21.3 Å². The number of ether oxygens (including phenoxy) is 4. The predicted molar refractivity (Wildman–Crippen MR) is 159 cm³/mol. The van der Waals surface area contributed by atoms with Gasteiger partial charge < -0.3 is 24.1 Å². The molecule has 1 aliphatic rings. The van der Waals surface area contributed by atoms with E-state index in [9.17, 15) is 24.3 Å². The van der Waals surface area contributed by atoms with Crippen molar-refractivity contribution in [3.8, 4) is 5.75 Å². The average Bonchev–Trinajstić information content (AvgIpc) is 3.00. The van der Waals surface area contributed by atoms with E-state index in [-0.39, 0.29) is 32.0 Å². The van der Waals surface area contributed by atoms with Gasteiger partial charge in [-0.1, -0.05) is 25.5 Å². The maximum absolute atomic E-state index is 12.6. The minimum absolute atomic E-state index is 0.0299. The van der Waals surface area contributed by atoms with Crippen molar-refractivity contribution in [2.45, 2.75) is 32.2 Å². The van der Waals surface area contributed by atoms with Gasteiger partial charge in [0.15, 0.2) is 0 Å². The van der Waals surface area contributed by atoms with E-state index < -0.39 is 23.9 Å². The second-order valence-electron chi connectivity index (χ2n) is 10.5. The lowest BCUT2D eigenvalue weighted by Gasteiger charge is -2.35. The maximum Gasteiger partial charge on any atom is 0.321 e. The average molecular weight is 609 g/mol. The highest BCUT2D eigenvalue weighted by Gasteiger charge is 2.28. The van der Waals surface area contributed by atoms with Gasteiger partial charge in [-0.2, -0.15) is 0 Å². The van der Waals surface area contributed by atoms with Gasteiger partial charge in [0, 0.05) is 52.4 Å². The van der Waals surface area contributed by atoms with Crippen LogP contribution in [-0.2, 0) is 39.8 Å². The van der Waals surface area contributed by atoms with Crippen molar-refractivity contribution in [1.29, 1.82) is 0 Å². The fourth-order valence-corrected chi connectivity index (χ4v) is 4.73. The zero-order valence-electron chi connectivity index (χ0n) is 26.0. The summed E-state index contributed by atoms with van der Waals surface area (Å²) in [6, 6.07) is 6.64. The number of hydrogen-bond donors (Lipinski definition) is 1. The van der Waals surface area contributed by atoms with Gasteiger partial charge in [0.1, 0.15) is 11.8 Å². The quantitative estimate of drug-likeness (QED) is 0.179. The molecule has 1 unspecified atom stereocenters. The van der Waals surface area contributed by atoms with Crippen LogP contribution in [-0.4, -0.2) is 155 Å². The Morgan fingerprint density at radius 3 is 1.51 bits per heavy atom. The van der Waals surface area contributed by atoms with E-state index >= 15 is 0 Å². The van der Waals surface area contributed by atoms with Crippen LogP contribution >= 0.6 is 0 Å². The zero-order chi connectivity index (χ0) is 31.6. The number of rotatable bonds is 14. The third kappa shape index (κ3) is 13.7. The van der Waals surface area contributed by atoms with E-state index in [1.807, 2.05) is 43.9 Å². The molecule has 13 heteroatoms. The number of carboxylic acids is 1. The van der Waals surface area contributed by atoms with Crippen molar-refractivity contribution < 1.29 is 43.2 Å². The third-order valence-corrected chi connectivity index (χ3v) is 7.46. The fraction of sp³-hybridized carbons (Fsp3) is 0.667. The number of unbranched alkanes of at least 4 members (excludes halogenated alkanes) is 1. The lowest BCUT2D eigenvalue weighted by atomic mass is 10.0. The summed E-state index contributed by atoms with van der Waals surface area (Å²) in [4.78, 5) is 56.7. The summed E-state index contributed by atoms with van der Waals surface area (Å²) in [5, 5.41) is 10.3. The molecule has 1 aliphatic heterocycles. The molecule has 1 saturated heterocycles. The van der Waals surface area contributed by atoms with Gasteiger partial charge in [0.2, 0.25) is 0 Å². The zero-order valence-corrected chi connectivity index (χ0v) is 26.0. The Morgan fingerprint density at radius 1 is 0.721 bits per heavy atom. The molecule has 13 nitrogen and oxygen atoms in total. The summed E-state index contributed by atoms with van der Waals surface area (Å²) >= 11 is 0. The maximum atomic E-state index is 12.6. The summed E-state index contributed by atoms with van der Waals surface area (Å²) in [6.07, 6.45) is 2.26. The first kappa shape index (κ1) is 35.9. The molecule has 0 bridgehead atoms. The Hall–Kier alpha value is -3.26. The second-order valence-corrected chi connectivity index (χ2v) is 10.5. The summed E-state index contributed by atoms with van der Waals surface area (Å²) in [6.45, 7) is 6.13. The van der Waals surface area contributed by atoms with Crippen LogP contribution in [0.3, 0.4) is 0 Å². The standard InChI is InChI=1S/C30H48N4O9/c1-5-6-19-43-25-9-7-24(8-10-25)20-26(30(38)39)34-17-15-32(22-28(36)41-3)13-11-31(21-27(35)40-2)12-14-33(16-18-34)23-29(37)42-4/h7-10,26H,5-6,11-23H2,1-4H3,(H,38,39). The molecule has 0 aliphatic carbocycles. The molecule has 1 atom stereocenters. The minimum atomic E-state index is -0.960. The molecule has 242 valence electrons. The van der Waals surface area contributed by atoms with Crippen molar-refractivity contribution in [3.05, 3.63) is 29.8 Å². The van der Waals surface area contributed by atoms with Gasteiger partial charge >= 0.3 is 23.9 Å². The van der Waals surface area contributed by atoms with Crippen LogP contribution < -0.4 is 4.74 Å². The van der Waals surface area contributed by atoms with Crippen LogP contribution in [0.25, 0.3) is 0 Å². The van der Waals surface area contributed by atoms with Gasteiger partial charge in [-0.05, 0) is 30.5 Å². The van der Waals surface area contributed by atoms with Crippen molar-refractivity contribution >= 4 is 23.9 Å². The Morgan fingerprint density at radius 2 is 1.14 bits per heavy atom. The molecule has 1 N–H and O–H groups in total. The lowest BCUT2D eigenvalue weighted by Crippen LogP contribution is -2.52. The molecule has 1 aromatic rings. The first-order chi connectivity index (χ1) is 20.7. The molecule has 0 spiro atoms. The monoisotopic (exact) mass is 608 g/mol. The summed E-state index contributed by atoms with van der Waals surface area (Å²) in [5.41, 5.74) is 0.859. The van der Waals surface area contributed by atoms with Gasteiger partial charge in [0.25, 0.3) is 0 Å². The summed E-state index contributed by atoms with van der Waals surface area (Å²) < 4.78 is 20.4. The molecule has 43 heavy (non-hydrogen) atoms. The van der Waals surface area contributed by atoms with E-state index in [2.05, 4.69) is 6.92 Å². The SMILES string of the molecule is CCCCOc1ccc(CC(C(=O)O)N2CCN(CC(=O)OC)CCN(CC(=O)OC)CCN(CC(=O)OC)CC2)cc1. The summed E-state index contributed by atoms with van der Waals surface area (Å²) in [5.74, 6) is -1.41. The molecule has 0 aromatic heterocycles. The van der Waals surface area contributed by atoms with Gasteiger partial charge in [-0.3, -0.25) is 38.8 Å². The Labute approximate surface area is 254 Å². The number of hydrogen-bond acceptors (Lipinski definition) is 12. The molecule has 1 aromatic carbocycles. The van der Waals surface area contributed by atoms with Crippen molar-refractivity contribution in [2.75, 3.05) is 99.9 Å². The molecule has 1 fully saturated rings. The number of carbonyl (C=O) groups is 4. The topological polar surface area (TPSA) is 138 Å². The van der Waals surface area contributed by atoms with E-state index in [0.717, 1.165) is 24.2 Å². The highest BCUT2D eigenvalue weighted by atomic mass is 16.5. The van der Waals surface area contributed by atoms with E-state index in [0.29, 0.717) is 59.0 Å². The Bertz CT molecular complexity index is 974. The number of nitrogens with zero attached hydrogens (tertiary/aromatic N) is 4. The number of carbonyl (C=O) groups excluding carboxylic acids is 3. The van der Waals surface area contributed by atoms with Crippen molar-refractivity contribution in [2.24, 2.45) is 0 Å². The van der Waals surface area contributed by atoms with Gasteiger partial charge in [0.05, 0.1) is 47.6 Å². The van der Waals surface area contributed by atoms with Gasteiger partial charge in [-0.25, -0.2) is 0 Å². The van der Waals surface area contributed by atoms with Crippen LogP contribution in [0.2, 0.25) is 0 Å². The number of methoxy groups -OCH3 is 3. The third-order valence-electron chi connectivity index (χ3n) is 7.46. The molecular formula is C30H48N4O9. The normalized spacial score (nSPS) is 17.2. The van der Waals surface area contributed by atoms with Crippen molar-refractivity contribution in [1.82, 2.24) is 19.6 Å². The molecule has 0 radical (unpaired) electrons. The number of carboxylic acid groups (broad SMARTS) is 1. The first-order valence-corrected chi connectivity index (χ1v) is 14.7. The Balaban J connectivity index is 2.28. The highest BCUT2D eigenvalue weighted by molar-refractivity contribution is 5.74. The van der Waals surface area contributed by atoms with Crippen LogP contribution in [0.4, 0.5) is 0 Å². The largest absolute Gasteiger partial charge is 0.494 e.